The summed E-state index contributed by atoms with van der Waals surface area (Å²) in [5.41, 5.74) is 1.12. The molecule has 24 heavy (non-hydrogen) atoms. The molecular weight excluding hydrogens is 395 g/mol. The summed E-state index contributed by atoms with van der Waals surface area (Å²) in [6, 6.07) is 8.49. The van der Waals surface area contributed by atoms with Crippen LogP contribution in [0.2, 0.25) is 0 Å². The minimum atomic E-state index is -3.94. The van der Waals surface area contributed by atoms with Crippen LogP contribution in [0.5, 0.6) is 0 Å². The van der Waals surface area contributed by atoms with Gasteiger partial charge in [0.2, 0.25) is 9.84 Å². The van der Waals surface area contributed by atoms with Gasteiger partial charge in [0.05, 0.1) is 16.9 Å². The van der Waals surface area contributed by atoms with Gasteiger partial charge in [0.1, 0.15) is 10.7 Å². The normalized spacial score (nSPS) is 11.9. The summed E-state index contributed by atoms with van der Waals surface area (Å²) >= 11 is 3.35. The van der Waals surface area contributed by atoms with Gasteiger partial charge in [-0.1, -0.05) is 12.1 Å². The van der Waals surface area contributed by atoms with Gasteiger partial charge in [0.25, 0.3) is 0 Å². The van der Waals surface area contributed by atoms with Gasteiger partial charge in [-0.05, 0) is 59.6 Å². The van der Waals surface area contributed by atoms with Gasteiger partial charge in [-0.25, -0.2) is 17.8 Å². The lowest BCUT2D eigenvalue weighted by Crippen LogP contribution is -2.14. The van der Waals surface area contributed by atoms with Gasteiger partial charge in [-0.15, -0.1) is 0 Å². The first-order valence-corrected chi connectivity index (χ1v) is 9.59. The number of aliphatic imine (C=N–C) groups is 1. The molecule has 0 spiro atoms. The average molecular weight is 413 g/mol. The second kappa shape index (κ2) is 7.44. The average Bonchev–Trinajstić information content (AvgIpc) is 2.54. The van der Waals surface area contributed by atoms with E-state index in [0.717, 1.165) is 12.6 Å². The zero-order chi connectivity index (χ0) is 17.9. The number of benzene rings is 2. The molecular formula is C17H18BrFN2O2S. The van der Waals surface area contributed by atoms with E-state index in [1.807, 2.05) is 18.9 Å². The zero-order valence-corrected chi connectivity index (χ0v) is 16.0. The van der Waals surface area contributed by atoms with Crippen LogP contribution in [0, 0.1) is 12.7 Å². The molecule has 0 saturated carbocycles. The molecule has 0 heterocycles. The molecule has 4 nitrogen and oxygen atoms in total. The molecule has 0 atom stereocenters. The van der Waals surface area contributed by atoms with E-state index in [0.29, 0.717) is 15.7 Å². The molecule has 0 N–H and O–H groups in total. The Labute approximate surface area is 150 Å². The number of aryl methyl sites for hydroxylation is 1. The van der Waals surface area contributed by atoms with Crippen molar-refractivity contribution in [2.75, 3.05) is 13.6 Å². The van der Waals surface area contributed by atoms with E-state index in [1.165, 1.54) is 24.3 Å². The maximum Gasteiger partial charge on any atom is 0.209 e. The molecule has 2 aromatic carbocycles. The SMILES string of the molecule is CCN(C)C=Nc1cc(C)c(S(=O)(=O)c2ccccc2F)cc1Br. The number of hydrogen-bond acceptors (Lipinski definition) is 3. The summed E-state index contributed by atoms with van der Waals surface area (Å²) in [5.74, 6) is -0.764. The van der Waals surface area contributed by atoms with Crippen LogP contribution in [0.1, 0.15) is 12.5 Å². The summed E-state index contributed by atoms with van der Waals surface area (Å²) in [6.45, 7) is 4.47. The van der Waals surface area contributed by atoms with Crippen molar-refractivity contribution >= 4 is 37.8 Å². The van der Waals surface area contributed by atoms with Crippen molar-refractivity contribution < 1.29 is 12.8 Å². The molecule has 128 valence electrons. The Morgan fingerprint density at radius 2 is 1.92 bits per heavy atom. The van der Waals surface area contributed by atoms with Gasteiger partial charge in [0.15, 0.2) is 0 Å². The molecule has 0 aliphatic heterocycles. The van der Waals surface area contributed by atoms with Crippen molar-refractivity contribution in [2.24, 2.45) is 4.99 Å². The van der Waals surface area contributed by atoms with E-state index < -0.39 is 15.7 Å². The van der Waals surface area contributed by atoms with E-state index >= 15 is 0 Å². The lowest BCUT2D eigenvalue weighted by molar-refractivity contribution is 0.552. The topological polar surface area (TPSA) is 49.7 Å². The Balaban J connectivity index is 2.52. The molecule has 0 saturated heterocycles. The predicted octanol–water partition coefficient (Wildman–Crippen LogP) is 4.34. The van der Waals surface area contributed by atoms with Crippen molar-refractivity contribution in [1.29, 1.82) is 0 Å². The van der Waals surface area contributed by atoms with E-state index in [4.69, 9.17) is 0 Å². The van der Waals surface area contributed by atoms with Crippen molar-refractivity contribution in [3.8, 4) is 0 Å². The van der Waals surface area contributed by atoms with E-state index in [1.54, 1.807) is 19.3 Å². The number of rotatable bonds is 5. The minimum absolute atomic E-state index is 0.0577. The van der Waals surface area contributed by atoms with Gasteiger partial charge in [0, 0.05) is 18.1 Å². The first-order chi connectivity index (χ1) is 11.3. The third kappa shape index (κ3) is 3.84. The van der Waals surface area contributed by atoms with Crippen LogP contribution in [0.15, 0.2) is 55.7 Å². The standard InChI is InChI=1S/C17H18BrFN2O2S/c1-4-21(3)11-20-15-9-12(2)17(10-13(15)18)24(22,23)16-8-6-5-7-14(16)19/h5-11H,4H2,1-3H3. The molecule has 2 rings (SSSR count). The van der Waals surface area contributed by atoms with Crippen LogP contribution in [0.3, 0.4) is 0 Å². The first-order valence-electron chi connectivity index (χ1n) is 7.31. The fraction of sp³-hybridized carbons (Fsp3) is 0.235. The zero-order valence-electron chi connectivity index (χ0n) is 13.6. The van der Waals surface area contributed by atoms with Crippen molar-refractivity contribution in [3.05, 3.63) is 52.3 Å². The fourth-order valence-corrected chi connectivity index (χ4v) is 4.23. The van der Waals surface area contributed by atoms with Crippen molar-refractivity contribution in [2.45, 2.75) is 23.6 Å². The maximum atomic E-state index is 13.9. The lowest BCUT2D eigenvalue weighted by atomic mass is 10.2. The quantitative estimate of drug-likeness (QED) is 0.541. The van der Waals surface area contributed by atoms with Gasteiger partial charge in [-0.3, -0.25) is 0 Å². The smallest absolute Gasteiger partial charge is 0.209 e. The number of sulfone groups is 1. The highest BCUT2D eigenvalue weighted by Gasteiger charge is 2.24. The van der Waals surface area contributed by atoms with Crippen LogP contribution in [-0.2, 0) is 9.84 Å². The Kier molecular flexibility index (Phi) is 5.77. The van der Waals surface area contributed by atoms with Crippen LogP contribution in [0.4, 0.5) is 10.1 Å². The molecule has 0 bridgehead atoms. The van der Waals surface area contributed by atoms with Crippen LogP contribution in [-0.4, -0.2) is 33.2 Å². The minimum Gasteiger partial charge on any atom is -0.366 e. The summed E-state index contributed by atoms with van der Waals surface area (Å²) in [7, 11) is -2.05. The second-order valence-corrected chi connectivity index (χ2v) is 8.06. The third-order valence-corrected chi connectivity index (χ3v) is 6.12. The number of nitrogens with zero attached hydrogens (tertiary/aromatic N) is 2. The van der Waals surface area contributed by atoms with Crippen molar-refractivity contribution in [1.82, 2.24) is 4.90 Å². The molecule has 0 aromatic heterocycles. The third-order valence-electron chi connectivity index (χ3n) is 3.55. The molecule has 0 unspecified atom stereocenters. The highest BCUT2D eigenvalue weighted by atomic mass is 79.9. The summed E-state index contributed by atoms with van der Waals surface area (Å²) in [6.07, 6.45) is 1.67. The van der Waals surface area contributed by atoms with E-state index in [2.05, 4.69) is 20.9 Å². The molecule has 0 radical (unpaired) electrons. The first kappa shape index (κ1) is 18.6. The number of hydrogen-bond donors (Lipinski definition) is 0. The second-order valence-electron chi connectivity index (χ2n) is 5.32. The maximum absolute atomic E-state index is 13.9. The van der Waals surface area contributed by atoms with Crippen LogP contribution in [0.25, 0.3) is 0 Å². The highest BCUT2D eigenvalue weighted by molar-refractivity contribution is 9.10. The number of halogens is 2. The predicted molar refractivity (Wildman–Crippen MR) is 97.2 cm³/mol. The fourth-order valence-electron chi connectivity index (χ4n) is 2.06. The Bertz CT molecular complexity index is 882. The molecule has 2 aromatic rings. The van der Waals surface area contributed by atoms with E-state index in [9.17, 15) is 12.8 Å². The highest BCUT2D eigenvalue weighted by Crippen LogP contribution is 2.34. The molecule has 0 aliphatic carbocycles. The van der Waals surface area contributed by atoms with Gasteiger partial charge < -0.3 is 4.90 Å². The largest absolute Gasteiger partial charge is 0.366 e. The molecule has 0 fully saturated rings. The Morgan fingerprint density at radius 3 is 2.54 bits per heavy atom. The van der Waals surface area contributed by atoms with E-state index in [-0.39, 0.29) is 9.79 Å². The Morgan fingerprint density at radius 1 is 1.25 bits per heavy atom. The molecule has 0 amide bonds. The summed E-state index contributed by atoms with van der Waals surface area (Å²) in [5, 5.41) is 0. The van der Waals surface area contributed by atoms with Crippen molar-refractivity contribution in [3.63, 3.8) is 0 Å². The summed E-state index contributed by atoms with van der Waals surface area (Å²) in [4.78, 5) is 5.96. The van der Waals surface area contributed by atoms with Crippen LogP contribution >= 0.6 is 15.9 Å². The lowest BCUT2D eigenvalue weighted by Gasteiger charge is -2.12. The summed E-state index contributed by atoms with van der Waals surface area (Å²) < 4.78 is 39.9. The Hall–Kier alpha value is -1.73. The van der Waals surface area contributed by atoms with Gasteiger partial charge in [-0.2, -0.15) is 0 Å². The van der Waals surface area contributed by atoms with Gasteiger partial charge >= 0.3 is 0 Å². The monoisotopic (exact) mass is 412 g/mol. The molecule has 7 heteroatoms. The van der Waals surface area contributed by atoms with Crippen LogP contribution < -0.4 is 0 Å². The molecule has 0 aliphatic rings.